The number of hydrogen-bond acceptors (Lipinski definition) is 2. The third kappa shape index (κ3) is 2.85. The van der Waals surface area contributed by atoms with E-state index in [1.165, 1.54) is 0 Å². The van der Waals surface area contributed by atoms with E-state index < -0.39 is 0 Å². The number of rotatable bonds is 3. The number of ether oxygens (including phenoxy) is 1. The Morgan fingerprint density at radius 1 is 1.64 bits per heavy atom. The summed E-state index contributed by atoms with van der Waals surface area (Å²) in [4.78, 5) is 13.6. The zero-order chi connectivity index (χ0) is 10.6. The molecular weight excluding hydrogens is 202 g/mol. The molecule has 1 fully saturated rings. The first-order valence-corrected chi connectivity index (χ1v) is 5.69. The van der Waals surface area contributed by atoms with Crippen molar-refractivity contribution in [2.24, 2.45) is 0 Å². The van der Waals surface area contributed by atoms with Gasteiger partial charge in [-0.2, -0.15) is 0 Å². The van der Waals surface area contributed by atoms with E-state index in [0.29, 0.717) is 25.5 Å². The van der Waals surface area contributed by atoms with Crippen LogP contribution in [0.5, 0.6) is 0 Å². The molecule has 0 aromatic heterocycles. The SMILES string of the molecule is CCCC(=O)N1CC(CCl)OCC1C. The minimum atomic E-state index is 0.00803. The summed E-state index contributed by atoms with van der Waals surface area (Å²) in [6.07, 6.45) is 1.53. The monoisotopic (exact) mass is 219 g/mol. The average Bonchev–Trinajstić information content (AvgIpc) is 2.19. The van der Waals surface area contributed by atoms with Crippen LogP contribution in [0.25, 0.3) is 0 Å². The number of amides is 1. The number of morpholine rings is 1. The molecule has 0 radical (unpaired) electrons. The molecule has 0 aliphatic carbocycles. The van der Waals surface area contributed by atoms with E-state index >= 15 is 0 Å². The summed E-state index contributed by atoms with van der Waals surface area (Å²) in [6, 6.07) is 0.188. The van der Waals surface area contributed by atoms with Crippen LogP contribution in [0, 0.1) is 0 Å². The van der Waals surface area contributed by atoms with E-state index in [1.54, 1.807) is 0 Å². The molecule has 0 bridgehead atoms. The second kappa shape index (κ2) is 5.56. The van der Waals surface area contributed by atoms with Gasteiger partial charge < -0.3 is 9.64 Å². The molecule has 14 heavy (non-hydrogen) atoms. The van der Waals surface area contributed by atoms with Crippen LogP contribution in [0.15, 0.2) is 0 Å². The molecule has 0 N–H and O–H groups in total. The first-order chi connectivity index (χ1) is 6.69. The van der Waals surface area contributed by atoms with Crippen molar-refractivity contribution in [3.05, 3.63) is 0 Å². The van der Waals surface area contributed by atoms with E-state index in [4.69, 9.17) is 16.3 Å². The highest BCUT2D eigenvalue weighted by molar-refractivity contribution is 6.18. The van der Waals surface area contributed by atoms with E-state index in [1.807, 2.05) is 18.7 Å². The van der Waals surface area contributed by atoms with Gasteiger partial charge in [0.2, 0.25) is 5.91 Å². The molecule has 1 heterocycles. The Labute approximate surface area is 90.4 Å². The molecule has 4 heteroatoms. The Kier molecular flexibility index (Phi) is 4.69. The van der Waals surface area contributed by atoms with Crippen LogP contribution in [0.3, 0.4) is 0 Å². The third-order valence-electron chi connectivity index (χ3n) is 2.46. The summed E-state index contributed by atoms with van der Waals surface area (Å²) in [5.74, 6) is 0.682. The van der Waals surface area contributed by atoms with Gasteiger partial charge in [0.25, 0.3) is 0 Å². The number of halogens is 1. The van der Waals surface area contributed by atoms with Gasteiger partial charge in [-0.25, -0.2) is 0 Å². The lowest BCUT2D eigenvalue weighted by Crippen LogP contribution is -2.51. The van der Waals surface area contributed by atoms with Crippen LogP contribution in [-0.4, -0.2) is 42.0 Å². The summed E-state index contributed by atoms with van der Waals surface area (Å²) in [5.41, 5.74) is 0. The topological polar surface area (TPSA) is 29.5 Å². The predicted octanol–water partition coefficient (Wildman–Crippen LogP) is 1.64. The Morgan fingerprint density at radius 3 is 2.93 bits per heavy atom. The fraction of sp³-hybridized carbons (Fsp3) is 0.900. The zero-order valence-electron chi connectivity index (χ0n) is 8.83. The zero-order valence-corrected chi connectivity index (χ0v) is 9.59. The van der Waals surface area contributed by atoms with Gasteiger partial charge in [0.15, 0.2) is 0 Å². The van der Waals surface area contributed by atoms with Crippen molar-refractivity contribution >= 4 is 17.5 Å². The number of alkyl halides is 1. The van der Waals surface area contributed by atoms with Crippen molar-refractivity contribution in [1.29, 1.82) is 0 Å². The minimum Gasteiger partial charge on any atom is -0.373 e. The van der Waals surface area contributed by atoms with Gasteiger partial charge in [-0.3, -0.25) is 4.79 Å². The fourth-order valence-electron chi connectivity index (χ4n) is 1.62. The highest BCUT2D eigenvalue weighted by Gasteiger charge is 2.28. The van der Waals surface area contributed by atoms with Gasteiger partial charge in [0, 0.05) is 13.0 Å². The maximum atomic E-state index is 11.7. The van der Waals surface area contributed by atoms with Crippen LogP contribution in [-0.2, 0) is 9.53 Å². The molecule has 0 aromatic carbocycles. The fourth-order valence-corrected chi connectivity index (χ4v) is 1.80. The Hall–Kier alpha value is -0.280. The maximum Gasteiger partial charge on any atom is 0.222 e. The van der Waals surface area contributed by atoms with Crippen LogP contribution in [0.2, 0.25) is 0 Å². The van der Waals surface area contributed by atoms with Gasteiger partial charge in [-0.05, 0) is 13.3 Å². The van der Waals surface area contributed by atoms with Gasteiger partial charge in [-0.15, -0.1) is 11.6 Å². The summed E-state index contributed by atoms with van der Waals surface area (Å²) in [7, 11) is 0. The highest BCUT2D eigenvalue weighted by Crippen LogP contribution is 2.14. The molecule has 1 rings (SSSR count). The van der Waals surface area contributed by atoms with Crippen molar-refractivity contribution in [3.63, 3.8) is 0 Å². The van der Waals surface area contributed by atoms with Crippen molar-refractivity contribution in [2.75, 3.05) is 19.0 Å². The minimum absolute atomic E-state index is 0.00803. The smallest absolute Gasteiger partial charge is 0.222 e. The molecule has 3 nitrogen and oxygen atoms in total. The standard InChI is InChI=1S/C10H18ClNO2/c1-3-4-10(13)12-6-9(5-11)14-7-8(12)2/h8-9H,3-7H2,1-2H3. The maximum absolute atomic E-state index is 11.7. The number of hydrogen-bond donors (Lipinski definition) is 0. The summed E-state index contributed by atoms with van der Waals surface area (Å²) in [5, 5.41) is 0. The summed E-state index contributed by atoms with van der Waals surface area (Å²) in [6.45, 7) is 5.27. The highest BCUT2D eigenvalue weighted by atomic mass is 35.5. The predicted molar refractivity (Wildman–Crippen MR) is 56.5 cm³/mol. The Morgan fingerprint density at radius 2 is 2.36 bits per heavy atom. The second-order valence-corrected chi connectivity index (χ2v) is 4.06. The summed E-state index contributed by atoms with van der Waals surface area (Å²) >= 11 is 5.71. The largest absolute Gasteiger partial charge is 0.373 e. The van der Waals surface area contributed by atoms with Gasteiger partial charge in [0.05, 0.1) is 24.6 Å². The molecule has 1 amide bonds. The van der Waals surface area contributed by atoms with Gasteiger partial charge in [0.1, 0.15) is 0 Å². The Bertz CT molecular complexity index is 199. The van der Waals surface area contributed by atoms with Crippen molar-refractivity contribution < 1.29 is 9.53 Å². The van der Waals surface area contributed by atoms with E-state index in [-0.39, 0.29) is 18.1 Å². The molecule has 82 valence electrons. The molecular formula is C10H18ClNO2. The average molecular weight is 220 g/mol. The molecule has 2 atom stereocenters. The van der Waals surface area contributed by atoms with Crippen molar-refractivity contribution in [3.8, 4) is 0 Å². The number of nitrogens with zero attached hydrogens (tertiary/aromatic N) is 1. The van der Waals surface area contributed by atoms with E-state index in [2.05, 4.69) is 0 Å². The van der Waals surface area contributed by atoms with Crippen LogP contribution in [0.4, 0.5) is 0 Å². The Balaban J connectivity index is 2.51. The van der Waals surface area contributed by atoms with E-state index in [9.17, 15) is 4.79 Å². The van der Waals surface area contributed by atoms with Crippen LogP contribution in [0.1, 0.15) is 26.7 Å². The molecule has 1 aliphatic rings. The first-order valence-electron chi connectivity index (χ1n) is 5.16. The van der Waals surface area contributed by atoms with Crippen LogP contribution >= 0.6 is 11.6 Å². The number of carbonyl (C=O) groups excluding carboxylic acids is 1. The normalized spacial score (nSPS) is 27.8. The number of carbonyl (C=O) groups is 1. The summed E-state index contributed by atoms with van der Waals surface area (Å²) < 4.78 is 5.47. The molecule has 1 aliphatic heterocycles. The molecule has 0 aromatic rings. The lowest BCUT2D eigenvalue weighted by Gasteiger charge is -2.37. The van der Waals surface area contributed by atoms with Crippen molar-refractivity contribution in [2.45, 2.75) is 38.8 Å². The molecule has 2 unspecified atom stereocenters. The van der Waals surface area contributed by atoms with Gasteiger partial charge in [-0.1, -0.05) is 6.92 Å². The van der Waals surface area contributed by atoms with Crippen LogP contribution < -0.4 is 0 Å². The molecule has 0 saturated carbocycles. The first kappa shape index (κ1) is 11.8. The molecule has 0 spiro atoms. The van der Waals surface area contributed by atoms with E-state index in [0.717, 1.165) is 6.42 Å². The van der Waals surface area contributed by atoms with Crippen molar-refractivity contribution in [1.82, 2.24) is 4.90 Å². The lowest BCUT2D eigenvalue weighted by atomic mass is 10.2. The second-order valence-electron chi connectivity index (χ2n) is 3.75. The third-order valence-corrected chi connectivity index (χ3v) is 2.81. The quantitative estimate of drug-likeness (QED) is 0.676. The van der Waals surface area contributed by atoms with Gasteiger partial charge >= 0.3 is 0 Å². The lowest BCUT2D eigenvalue weighted by molar-refractivity contribution is -0.143. The molecule has 1 saturated heterocycles.